The number of hydrazine groups is 1. The Morgan fingerprint density at radius 3 is 2.52 bits per heavy atom. The van der Waals surface area contributed by atoms with E-state index in [-0.39, 0.29) is 5.91 Å². The first-order valence-electron chi connectivity index (χ1n) is 6.46. The molecule has 0 spiro atoms. The molecule has 1 heterocycles. The van der Waals surface area contributed by atoms with Gasteiger partial charge < -0.3 is 0 Å². The molecule has 2 amide bonds. The topological polar surface area (TPSA) is 58.2 Å². The van der Waals surface area contributed by atoms with Crippen LogP contribution in [0.2, 0.25) is 5.02 Å². The van der Waals surface area contributed by atoms with Gasteiger partial charge in [-0.15, -0.1) is 11.3 Å². The molecule has 2 rings (SSSR count). The number of rotatable bonds is 3. The standard InChI is InChI=1S/C15H15ClN2O2S/c1-3-12-9(2)7-13(21-12)15(20)18-17-14(19)10-5-4-6-11(16)8-10/h4-8H,3H2,1-2H3,(H,17,19)(H,18,20). The van der Waals surface area contributed by atoms with Crippen LogP contribution in [0.25, 0.3) is 0 Å². The van der Waals surface area contributed by atoms with E-state index >= 15 is 0 Å². The van der Waals surface area contributed by atoms with E-state index in [1.165, 1.54) is 22.3 Å². The van der Waals surface area contributed by atoms with Crippen LogP contribution in [0.15, 0.2) is 30.3 Å². The second-order valence-corrected chi connectivity index (χ2v) is 6.06. The van der Waals surface area contributed by atoms with Crippen LogP contribution in [0.1, 0.15) is 37.4 Å². The number of amides is 2. The monoisotopic (exact) mass is 322 g/mol. The van der Waals surface area contributed by atoms with E-state index in [0.29, 0.717) is 15.5 Å². The van der Waals surface area contributed by atoms with Crippen LogP contribution in [0.4, 0.5) is 0 Å². The first-order valence-corrected chi connectivity index (χ1v) is 7.66. The lowest BCUT2D eigenvalue weighted by molar-refractivity contribution is 0.0849. The van der Waals surface area contributed by atoms with Crippen LogP contribution >= 0.6 is 22.9 Å². The highest BCUT2D eigenvalue weighted by atomic mass is 35.5. The molecule has 0 saturated heterocycles. The first kappa shape index (κ1) is 15.5. The summed E-state index contributed by atoms with van der Waals surface area (Å²) in [5, 5.41) is 0.468. The van der Waals surface area contributed by atoms with Gasteiger partial charge in [0.25, 0.3) is 11.8 Å². The van der Waals surface area contributed by atoms with Crippen molar-refractivity contribution >= 4 is 34.8 Å². The van der Waals surface area contributed by atoms with Crippen molar-refractivity contribution < 1.29 is 9.59 Å². The van der Waals surface area contributed by atoms with E-state index in [2.05, 4.69) is 10.9 Å². The van der Waals surface area contributed by atoms with E-state index in [1.54, 1.807) is 18.2 Å². The highest BCUT2D eigenvalue weighted by Crippen LogP contribution is 2.22. The van der Waals surface area contributed by atoms with E-state index in [1.807, 2.05) is 19.9 Å². The third-order valence-corrected chi connectivity index (χ3v) is 4.56. The molecule has 0 aliphatic rings. The second kappa shape index (κ2) is 6.74. The number of hydrogen-bond donors (Lipinski definition) is 2. The van der Waals surface area contributed by atoms with Gasteiger partial charge in [-0.1, -0.05) is 24.6 Å². The average molecular weight is 323 g/mol. The first-order chi connectivity index (χ1) is 10.0. The number of thiophene rings is 1. The molecular weight excluding hydrogens is 308 g/mol. The summed E-state index contributed by atoms with van der Waals surface area (Å²) in [7, 11) is 0. The molecule has 0 radical (unpaired) electrons. The Bertz CT molecular complexity index is 682. The maximum Gasteiger partial charge on any atom is 0.279 e. The molecule has 2 aromatic rings. The van der Waals surface area contributed by atoms with E-state index in [4.69, 9.17) is 11.6 Å². The van der Waals surface area contributed by atoms with Crippen molar-refractivity contribution in [2.75, 3.05) is 0 Å². The molecule has 2 N–H and O–H groups in total. The molecule has 6 heteroatoms. The molecule has 0 aliphatic carbocycles. The Morgan fingerprint density at radius 1 is 1.19 bits per heavy atom. The van der Waals surface area contributed by atoms with Gasteiger partial charge in [0.05, 0.1) is 4.88 Å². The summed E-state index contributed by atoms with van der Waals surface area (Å²) < 4.78 is 0. The number of nitrogens with one attached hydrogen (secondary N) is 2. The fourth-order valence-electron chi connectivity index (χ4n) is 1.86. The van der Waals surface area contributed by atoms with Gasteiger partial charge in [-0.05, 0) is 43.2 Å². The lowest BCUT2D eigenvalue weighted by Crippen LogP contribution is -2.41. The Hall–Kier alpha value is -1.85. The van der Waals surface area contributed by atoms with Gasteiger partial charge in [-0.2, -0.15) is 0 Å². The quantitative estimate of drug-likeness (QED) is 0.851. The molecule has 0 saturated carbocycles. The number of carbonyl (C=O) groups is 2. The van der Waals surface area contributed by atoms with Crippen molar-refractivity contribution in [3.63, 3.8) is 0 Å². The predicted molar refractivity (Wildman–Crippen MR) is 84.8 cm³/mol. The van der Waals surface area contributed by atoms with Gasteiger partial charge in [0, 0.05) is 15.5 Å². The van der Waals surface area contributed by atoms with Gasteiger partial charge >= 0.3 is 0 Å². The zero-order valence-corrected chi connectivity index (χ0v) is 13.3. The zero-order valence-electron chi connectivity index (χ0n) is 11.7. The molecule has 0 atom stereocenters. The molecule has 4 nitrogen and oxygen atoms in total. The zero-order chi connectivity index (χ0) is 15.4. The fourth-order valence-corrected chi connectivity index (χ4v) is 3.06. The number of hydrogen-bond acceptors (Lipinski definition) is 3. The van der Waals surface area contributed by atoms with Crippen molar-refractivity contribution in [2.24, 2.45) is 0 Å². The van der Waals surface area contributed by atoms with Crippen LogP contribution < -0.4 is 10.9 Å². The van der Waals surface area contributed by atoms with E-state index in [9.17, 15) is 9.59 Å². The Kier molecular flexibility index (Phi) is 4.98. The summed E-state index contributed by atoms with van der Waals surface area (Å²) in [5.74, 6) is -0.729. The molecule has 110 valence electrons. The van der Waals surface area contributed by atoms with Crippen molar-refractivity contribution in [1.29, 1.82) is 0 Å². The predicted octanol–water partition coefficient (Wildman–Crippen LogP) is 3.35. The van der Waals surface area contributed by atoms with Crippen LogP contribution in [-0.2, 0) is 6.42 Å². The average Bonchev–Trinajstić information content (AvgIpc) is 2.85. The van der Waals surface area contributed by atoms with Gasteiger partial charge in [0.2, 0.25) is 0 Å². The molecule has 21 heavy (non-hydrogen) atoms. The van der Waals surface area contributed by atoms with Crippen LogP contribution in [0, 0.1) is 6.92 Å². The van der Waals surface area contributed by atoms with Gasteiger partial charge in [0.15, 0.2) is 0 Å². The largest absolute Gasteiger partial charge is 0.279 e. The van der Waals surface area contributed by atoms with Gasteiger partial charge in [-0.25, -0.2) is 0 Å². The van der Waals surface area contributed by atoms with Gasteiger partial charge in [-0.3, -0.25) is 20.4 Å². The Balaban J connectivity index is 1.99. The summed E-state index contributed by atoms with van der Waals surface area (Å²) in [6.07, 6.45) is 0.888. The minimum absolute atomic E-state index is 0.321. The SMILES string of the molecule is CCc1sc(C(=O)NNC(=O)c2cccc(Cl)c2)cc1C. The number of aryl methyl sites for hydroxylation is 2. The minimum atomic E-state index is -0.408. The van der Waals surface area contributed by atoms with Crippen molar-refractivity contribution in [3.8, 4) is 0 Å². The highest BCUT2D eigenvalue weighted by molar-refractivity contribution is 7.14. The maximum atomic E-state index is 12.0. The van der Waals surface area contributed by atoms with Gasteiger partial charge in [0.1, 0.15) is 0 Å². The fraction of sp³-hybridized carbons (Fsp3) is 0.200. The minimum Gasteiger partial charge on any atom is -0.267 e. The van der Waals surface area contributed by atoms with Crippen molar-refractivity contribution in [3.05, 3.63) is 56.2 Å². The van der Waals surface area contributed by atoms with E-state index in [0.717, 1.165) is 12.0 Å². The molecule has 1 aromatic heterocycles. The number of halogens is 1. The Labute approximate surface area is 132 Å². The lowest BCUT2D eigenvalue weighted by atomic mass is 10.2. The third kappa shape index (κ3) is 3.83. The maximum absolute atomic E-state index is 12.0. The molecule has 0 aliphatic heterocycles. The summed E-state index contributed by atoms with van der Waals surface area (Å²) >= 11 is 7.25. The summed E-state index contributed by atoms with van der Waals surface area (Å²) in [4.78, 5) is 25.6. The number of carbonyl (C=O) groups excluding carboxylic acids is 2. The third-order valence-electron chi connectivity index (χ3n) is 2.94. The smallest absolute Gasteiger partial charge is 0.267 e. The van der Waals surface area contributed by atoms with Crippen LogP contribution in [0.3, 0.4) is 0 Å². The van der Waals surface area contributed by atoms with Crippen molar-refractivity contribution in [1.82, 2.24) is 10.9 Å². The Morgan fingerprint density at radius 2 is 1.90 bits per heavy atom. The molecule has 1 aromatic carbocycles. The molecule has 0 unspecified atom stereocenters. The summed E-state index contributed by atoms with van der Waals surface area (Å²) in [6, 6.07) is 8.34. The van der Waals surface area contributed by atoms with Crippen molar-refractivity contribution in [2.45, 2.75) is 20.3 Å². The molecule has 0 bridgehead atoms. The number of benzene rings is 1. The second-order valence-electron chi connectivity index (χ2n) is 4.49. The van der Waals surface area contributed by atoms with Crippen LogP contribution in [-0.4, -0.2) is 11.8 Å². The normalized spacial score (nSPS) is 10.2. The lowest BCUT2D eigenvalue weighted by Gasteiger charge is -2.06. The molecular formula is C15H15ClN2O2S. The van der Waals surface area contributed by atoms with Crippen LogP contribution in [0.5, 0.6) is 0 Å². The van der Waals surface area contributed by atoms with E-state index < -0.39 is 5.91 Å². The molecule has 0 fully saturated rings. The summed E-state index contributed by atoms with van der Waals surface area (Å²) in [5.41, 5.74) is 6.27. The summed E-state index contributed by atoms with van der Waals surface area (Å²) in [6.45, 7) is 4.01. The highest BCUT2D eigenvalue weighted by Gasteiger charge is 2.13.